The van der Waals surface area contributed by atoms with Crippen molar-refractivity contribution in [2.75, 3.05) is 19.6 Å². The van der Waals surface area contributed by atoms with Crippen LogP contribution in [0.4, 0.5) is 9.59 Å². The van der Waals surface area contributed by atoms with Crippen molar-refractivity contribution in [3.8, 4) is 0 Å². The Bertz CT molecular complexity index is 858. The Morgan fingerprint density at radius 3 is 1.88 bits per heavy atom. The topological polar surface area (TPSA) is 84.9 Å². The summed E-state index contributed by atoms with van der Waals surface area (Å²) in [6.07, 6.45) is 3.76. The zero-order valence-electron chi connectivity index (χ0n) is 20.0. The van der Waals surface area contributed by atoms with Crippen LogP contribution >= 0.6 is 0 Å². The molecule has 2 rings (SSSR count). The highest BCUT2D eigenvalue weighted by molar-refractivity contribution is 5.75. The summed E-state index contributed by atoms with van der Waals surface area (Å²) in [5.74, 6) is 0.189. The van der Waals surface area contributed by atoms with Crippen molar-refractivity contribution in [1.82, 2.24) is 10.2 Å². The third-order valence-electron chi connectivity index (χ3n) is 5.26. The quantitative estimate of drug-likeness (QED) is 0.350. The summed E-state index contributed by atoms with van der Waals surface area (Å²) in [5, 5.41) is 2.75. The van der Waals surface area contributed by atoms with Gasteiger partial charge in [0.2, 0.25) is 0 Å². The van der Waals surface area contributed by atoms with Crippen LogP contribution in [0.2, 0.25) is 0 Å². The van der Waals surface area contributed by atoms with E-state index in [1.54, 1.807) is 11.8 Å². The van der Waals surface area contributed by atoms with Gasteiger partial charge in [-0.3, -0.25) is 0 Å². The summed E-state index contributed by atoms with van der Waals surface area (Å²) >= 11 is 0. The molecule has 0 saturated heterocycles. The number of unbranched alkanes of at least 4 members (excludes halogenated alkanes) is 3. The SMILES string of the molecule is CC(=O)CCCCCN(CCCCNC(=O)OCc1ccccc1)C(=O)OCc1ccccc1. The van der Waals surface area contributed by atoms with Gasteiger partial charge < -0.3 is 24.5 Å². The molecule has 0 aliphatic heterocycles. The van der Waals surface area contributed by atoms with E-state index in [2.05, 4.69) is 5.32 Å². The van der Waals surface area contributed by atoms with Crippen LogP contribution in [-0.4, -0.2) is 42.5 Å². The molecule has 0 atom stereocenters. The molecule has 0 radical (unpaired) electrons. The van der Waals surface area contributed by atoms with Gasteiger partial charge in [0.05, 0.1) is 0 Å². The van der Waals surface area contributed by atoms with Crippen molar-refractivity contribution >= 4 is 18.0 Å². The van der Waals surface area contributed by atoms with Gasteiger partial charge in [0.1, 0.15) is 19.0 Å². The number of hydrogen-bond acceptors (Lipinski definition) is 5. The molecule has 0 fully saturated rings. The number of Topliss-reactive ketones (excluding diaryl/α,β-unsaturated/α-hetero) is 1. The van der Waals surface area contributed by atoms with Gasteiger partial charge >= 0.3 is 12.2 Å². The average Bonchev–Trinajstić information content (AvgIpc) is 2.85. The molecule has 2 amide bonds. The highest BCUT2D eigenvalue weighted by Gasteiger charge is 2.15. The first kappa shape index (κ1) is 26.9. The highest BCUT2D eigenvalue weighted by Crippen LogP contribution is 2.08. The molecule has 0 aliphatic carbocycles. The number of benzene rings is 2. The van der Waals surface area contributed by atoms with Gasteiger partial charge in [-0.05, 0) is 43.7 Å². The predicted octanol–water partition coefficient (Wildman–Crippen LogP) is 5.48. The first-order valence-electron chi connectivity index (χ1n) is 11.9. The summed E-state index contributed by atoms with van der Waals surface area (Å²) in [6.45, 7) is 3.66. The van der Waals surface area contributed by atoms with Gasteiger partial charge in [0.15, 0.2) is 0 Å². The average molecular weight is 469 g/mol. The van der Waals surface area contributed by atoms with Crippen molar-refractivity contribution in [3.63, 3.8) is 0 Å². The molecule has 2 aromatic rings. The van der Waals surface area contributed by atoms with Crippen LogP contribution < -0.4 is 5.32 Å². The van der Waals surface area contributed by atoms with E-state index >= 15 is 0 Å². The molecule has 0 spiro atoms. The number of ether oxygens (including phenoxy) is 2. The monoisotopic (exact) mass is 468 g/mol. The fraction of sp³-hybridized carbons (Fsp3) is 0.444. The lowest BCUT2D eigenvalue weighted by Crippen LogP contribution is -2.34. The molecular formula is C27H36N2O5. The van der Waals surface area contributed by atoms with Gasteiger partial charge in [-0.15, -0.1) is 0 Å². The lowest BCUT2D eigenvalue weighted by Gasteiger charge is -2.22. The zero-order valence-corrected chi connectivity index (χ0v) is 20.0. The number of alkyl carbamates (subject to hydrolysis) is 1. The highest BCUT2D eigenvalue weighted by atomic mass is 16.6. The van der Waals surface area contributed by atoms with Crippen LogP contribution in [0.3, 0.4) is 0 Å². The first-order valence-corrected chi connectivity index (χ1v) is 11.9. The van der Waals surface area contributed by atoms with Crippen molar-refractivity contribution in [3.05, 3.63) is 71.8 Å². The van der Waals surface area contributed by atoms with Gasteiger partial charge in [-0.25, -0.2) is 9.59 Å². The lowest BCUT2D eigenvalue weighted by molar-refractivity contribution is -0.117. The van der Waals surface area contributed by atoms with Crippen molar-refractivity contribution < 1.29 is 23.9 Å². The fourth-order valence-corrected chi connectivity index (χ4v) is 3.35. The summed E-state index contributed by atoms with van der Waals surface area (Å²) in [7, 11) is 0. The Labute approximate surface area is 202 Å². The molecule has 0 aromatic heterocycles. The third-order valence-corrected chi connectivity index (χ3v) is 5.26. The Morgan fingerprint density at radius 2 is 1.29 bits per heavy atom. The van der Waals surface area contributed by atoms with E-state index in [1.165, 1.54) is 0 Å². The zero-order chi connectivity index (χ0) is 24.4. The maximum Gasteiger partial charge on any atom is 0.410 e. The maximum atomic E-state index is 12.6. The van der Waals surface area contributed by atoms with E-state index < -0.39 is 6.09 Å². The van der Waals surface area contributed by atoms with Crippen LogP contribution in [0.1, 0.15) is 56.6 Å². The largest absolute Gasteiger partial charge is 0.445 e. The summed E-state index contributed by atoms with van der Waals surface area (Å²) in [4.78, 5) is 37.3. The van der Waals surface area contributed by atoms with Gasteiger partial charge in [0.25, 0.3) is 0 Å². The molecule has 184 valence electrons. The number of nitrogens with zero attached hydrogens (tertiary/aromatic N) is 1. The number of nitrogens with one attached hydrogen (secondary N) is 1. The number of carbonyl (C=O) groups excluding carboxylic acids is 3. The number of hydrogen-bond donors (Lipinski definition) is 1. The molecule has 0 aliphatic rings. The second-order valence-electron chi connectivity index (χ2n) is 8.24. The fourth-order valence-electron chi connectivity index (χ4n) is 3.35. The van der Waals surface area contributed by atoms with E-state index in [0.29, 0.717) is 32.5 Å². The Morgan fingerprint density at radius 1 is 0.735 bits per heavy atom. The van der Waals surface area contributed by atoms with Crippen LogP contribution in [0, 0.1) is 0 Å². The van der Waals surface area contributed by atoms with Gasteiger partial charge in [-0.1, -0.05) is 67.1 Å². The Hall–Kier alpha value is -3.35. The van der Waals surface area contributed by atoms with Crippen LogP contribution in [-0.2, 0) is 27.5 Å². The third kappa shape index (κ3) is 12.0. The minimum absolute atomic E-state index is 0.189. The Balaban J connectivity index is 1.68. The minimum Gasteiger partial charge on any atom is -0.445 e. The van der Waals surface area contributed by atoms with Gasteiger partial charge in [0, 0.05) is 26.1 Å². The number of amides is 2. The van der Waals surface area contributed by atoms with E-state index in [9.17, 15) is 14.4 Å². The van der Waals surface area contributed by atoms with Crippen LogP contribution in [0.25, 0.3) is 0 Å². The smallest absolute Gasteiger partial charge is 0.410 e. The molecule has 7 nitrogen and oxygen atoms in total. The van der Waals surface area contributed by atoms with E-state index in [1.807, 2.05) is 60.7 Å². The lowest BCUT2D eigenvalue weighted by atomic mass is 10.1. The van der Waals surface area contributed by atoms with Crippen molar-refractivity contribution in [2.45, 2.75) is 58.7 Å². The Kier molecular flexibility index (Phi) is 12.9. The van der Waals surface area contributed by atoms with Crippen molar-refractivity contribution in [1.29, 1.82) is 0 Å². The minimum atomic E-state index is -0.451. The summed E-state index contributed by atoms with van der Waals surface area (Å²) < 4.78 is 10.7. The van der Waals surface area contributed by atoms with Gasteiger partial charge in [-0.2, -0.15) is 0 Å². The van der Waals surface area contributed by atoms with Crippen molar-refractivity contribution in [2.24, 2.45) is 0 Å². The summed E-state index contributed by atoms with van der Waals surface area (Å²) in [6, 6.07) is 19.1. The van der Waals surface area contributed by atoms with Crippen LogP contribution in [0.5, 0.6) is 0 Å². The number of ketones is 1. The molecule has 34 heavy (non-hydrogen) atoms. The molecule has 1 N–H and O–H groups in total. The van der Waals surface area contributed by atoms with E-state index in [4.69, 9.17) is 9.47 Å². The molecule has 2 aromatic carbocycles. The molecule has 0 unspecified atom stereocenters. The molecule has 7 heteroatoms. The van der Waals surface area contributed by atoms with Crippen LogP contribution in [0.15, 0.2) is 60.7 Å². The van der Waals surface area contributed by atoms with E-state index in [0.717, 1.165) is 36.8 Å². The number of rotatable bonds is 15. The first-order chi connectivity index (χ1) is 16.5. The number of carbonyl (C=O) groups is 3. The normalized spacial score (nSPS) is 10.4. The summed E-state index contributed by atoms with van der Waals surface area (Å²) in [5.41, 5.74) is 1.88. The predicted molar refractivity (Wildman–Crippen MR) is 131 cm³/mol. The second-order valence-corrected chi connectivity index (χ2v) is 8.24. The second kappa shape index (κ2) is 16.3. The molecule has 0 heterocycles. The van der Waals surface area contributed by atoms with E-state index in [-0.39, 0.29) is 25.1 Å². The standard InChI is InChI=1S/C27H36N2O5/c1-23(30)13-5-4-11-19-29(27(32)34-22-25-16-8-3-9-17-25)20-12-10-18-28-26(31)33-21-24-14-6-2-7-15-24/h2-3,6-9,14-17H,4-5,10-13,18-22H2,1H3,(H,28,31). The molecular weight excluding hydrogens is 432 g/mol. The molecule has 0 saturated carbocycles. The maximum absolute atomic E-state index is 12.6. The molecule has 0 bridgehead atoms.